The van der Waals surface area contributed by atoms with Crippen LogP contribution in [0.3, 0.4) is 0 Å². The zero-order chi connectivity index (χ0) is 13.9. The van der Waals surface area contributed by atoms with Crippen LogP contribution < -0.4 is 15.8 Å². The summed E-state index contributed by atoms with van der Waals surface area (Å²) in [4.78, 5) is 2.55. The molecule has 20 heavy (non-hydrogen) atoms. The van der Waals surface area contributed by atoms with Gasteiger partial charge in [-0.05, 0) is 31.5 Å². The third kappa shape index (κ3) is 2.83. The number of rotatable bonds is 4. The van der Waals surface area contributed by atoms with Crippen molar-refractivity contribution in [2.24, 2.45) is 0 Å². The van der Waals surface area contributed by atoms with Gasteiger partial charge in [0.05, 0.1) is 31.2 Å². The van der Waals surface area contributed by atoms with Crippen LogP contribution >= 0.6 is 0 Å². The second-order valence-electron chi connectivity index (χ2n) is 5.58. The SMILES string of the molecule is COc1ccc(N)c(NCC2CN3CCCC3CO2)c1. The van der Waals surface area contributed by atoms with Crippen molar-refractivity contribution in [3.05, 3.63) is 18.2 Å². The predicted molar refractivity (Wildman–Crippen MR) is 80.2 cm³/mol. The summed E-state index contributed by atoms with van der Waals surface area (Å²) in [6.45, 7) is 3.87. The lowest BCUT2D eigenvalue weighted by atomic mass is 10.2. The summed E-state index contributed by atoms with van der Waals surface area (Å²) in [5.41, 5.74) is 7.63. The van der Waals surface area contributed by atoms with Gasteiger partial charge in [0.1, 0.15) is 5.75 Å². The smallest absolute Gasteiger partial charge is 0.121 e. The van der Waals surface area contributed by atoms with Gasteiger partial charge in [0.25, 0.3) is 0 Å². The van der Waals surface area contributed by atoms with Gasteiger partial charge in [-0.2, -0.15) is 0 Å². The number of hydrogen-bond acceptors (Lipinski definition) is 5. The van der Waals surface area contributed by atoms with Crippen LogP contribution in [-0.2, 0) is 4.74 Å². The van der Waals surface area contributed by atoms with Crippen molar-refractivity contribution in [2.45, 2.75) is 25.0 Å². The quantitative estimate of drug-likeness (QED) is 0.818. The highest BCUT2D eigenvalue weighted by molar-refractivity contribution is 5.68. The molecule has 0 bridgehead atoms. The average molecular weight is 277 g/mol. The molecule has 0 amide bonds. The minimum atomic E-state index is 0.231. The largest absolute Gasteiger partial charge is 0.497 e. The van der Waals surface area contributed by atoms with Crippen LogP contribution in [0.1, 0.15) is 12.8 Å². The fraction of sp³-hybridized carbons (Fsp3) is 0.600. The molecule has 2 unspecified atom stereocenters. The van der Waals surface area contributed by atoms with Crippen LogP contribution in [-0.4, -0.2) is 50.4 Å². The second-order valence-corrected chi connectivity index (χ2v) is 5.58. The molecule has 110 valence electrons. The summed E-state index contributed by atoms with van der Waals surface area (Å²) in [6, 6.07) is 6.30. The van der Waals surface area contributed by atoms with Crippen LogP contribution in [0.2, 0.25) is 0 Å². The second kappa shape index (κ2) is 5.89. The first-order valence-corrected chi connectivity index (χ1v) is 7.29. The van der Waals surface area contributed by atoms with Gasteiger partial charge in [-0.25, -0.2) is 0 Å². The van der Waals surface area contributed by atoms with Gasteiger partial charge in [-0.15, -0.1) is 0 Å². The molecule has 0 saturated carbocycles. The third-order valence-electron chi connectivity index (χ3n) is 4.24. The molecule has 1 aromatic rings. The van der Waals surface area contributed by atoms with Crippen molar-refractivity contribution in [1.82, 2.24) is 4.90 Å². The molecule has 3 N–H and O–H groups in total. The van der Waals surface area contributed by atoms with E-state index >= 15 is 0 Å². The van der Waals surface area contributed by atoms with E-state index in [1.165, 1.54) is 19.4 Å². The van der Waals surface area contributed by atoms with Crippen LogP contribution in [0.5, 0.6) is 5.75 Å². The minimum Gasteiger partial charge on any atom is -0.497 e. The molecular formula is C15H23N3O2. The van der Waals surface area contributed by atoms with Gasteiger partial charge < -0.3 is 20.5 Å². The van der Waals surface area contributed by atoms with E-state index in [2.05, 4.69) is 10.2 Å². The Kier molecular flexibility index (Phi) is 3.98. The Labute approximate surface area is 120 Å². The Morgan fingerprint density at radius 2 is 2.40 bits per heavy atom. The van der Waals surface area contributed by atoms with Gasteiger partial charge in [0.2, 0.25) is 0 Å². The molecule has 2 saturated heterocycles. The number of nitrogens with two attached hydrogens (primary N) is 1. The highest BCUT2D eigenvalue weighted by Crippen LogP contribution is 2.26. The fourth-order valence-electron chi connectivity index (χ4n) is 3.05. The molecule has 2 aliphatic rings. The molecule has 2 fully saturated rings. The summed E-state index contributed by atoms with van der Waals surface area (Å²) in [5, 5.41) is 3.38. The minimum absolute atomic E-state index is 0.231. The maximum Gasteiger partial charge on any atom is 0.121 e. The first-order valence-electron chi connectivity index (χ1n) is 7.29. The predicted octanol–water partition coefficient (Wildman–Crippen LogP) is 1.55. The lowest BCUT2D eigenvalue weighted by Crippen LogP contribution is -2.48. The molecule has 5 nitrogen and oxygen atoms in total. The van der Waals surface area contributed by atoms with Crippen molar-refractivity contribution >= 4 is 11.4 Å². The third-order valence-corrected chi connectivity index (χ3v) is 4.24. The summed E-state index contributed by atoms with van der Waals surface area (Å²) in [6.07, 6.45) is 2.81. The molecular weight excluding hydrogens is 254 g/mol. The number of hydrogen-bond donors (Lipinski definition) is 2. The van der Waals surface area contributed by atoms with E-state index in [1.807, 2.05) is 18.2 Å². The number of anilines is 2. The molecule has 2 heterocycles. The van der Waals surface area contributed by atoms with Gasteiger partial charge in [0.15, 0.2) is 0 Å². The molecule has 0 radical (unpaired) electrons. The Bertz CT molecular complexity index is 466. The molecule has 2 aliphatic heterocycles. The van der Waals surface area contributed by atoms with Crippen LogP contribution in [0, 0.1) is 0 Å². The van der Waals surface area contributed by atoms with Crippen LogP contribution in [0.25, 0.3) is 0 Å². The Morgan fingerprint density at radius 3 is 3.25 bits per heavy atom. The number of nitrogens with one attached hydrogen (secondary N) is 1. The normalized spacial score (nSPS) is 26.2. The number of ether oxygens (including phenoxy) is 2. The summed E-state index contributed by atoms with van der Waals surface area (Å²) < 4.78 is 11.2. The molecule has 0 spiro atoms. The molecule has 5 heteroatoms. The fourth-order valence-corrected chi connectivity index (χ4v) is 3.05. The standard InChI is InChI=1S/C15H23N3O2/c1-19-12-4-5-14(16)15(7-12)17-8-13-9-18-6-2-3-11(18)10-20-13/h4-5,7,11,13,17H,2-3,6,8-10,16H2,1H3. The average Bonchev–Trinajstić information content (AvgIpc) is 2.94. The van der Waals surface area contributed by atoms with E-state index in [4.69, 9.17) is 15.2 Å². The van der Waals surface area contributed by atoms with Gasteiger partial charge in [0, 0.05) is 25.2 Å². The highest BCUT2D eigenvalue weighted by atomic mass is 16.5. The number of fused-ring (bicyclic) bond motifs is 1. The number of nitrogen functional groups attached to an aromatic ring is 1. The monoisotopic (exact) mass is 277 g/mol. The molecule has 2 atom stereocenters. The lowest BCUT2D eigenvalue weighted by Gasteiger charge is -2.35. The topological polar surface area (TPSA) is 59.8 Å². The van der Waals surface area contributed by atoms with E-state index < -0.39 is 0 Å². The maximum absolute atomic E-state index is 5.98. The van der Waals surface area contributed by atoms with E-state index in [-0.39, 0.29) is 6.10 Å². The highest BCUT2D eigenvalue weighted by Gasteiger charge is 2.31. The lowest BCUT2D eigenvalue weighted by molar-refractivity contribution is -0.0415. The van der Waals surface area contributed by atoms with Gasteiger partial charge in [-0.1, -0.05) is 0 Å². The van der Waals surface area contributed by atoms with Gasteiger partial charge >= 0.3 is 0 Å². The van der Waals surface area contributed by atoms with E-state index in [1.54, 1.807) is 7.11 Å². The van der Waals surface area contributed by atoms with Crippen molar-refractivity contribution in [3.63, 3.8) is 0 Å². The number of nitrogens with zero attached hydrogens (tertiary/aromatic N) is 1. The Balaban J connectivity index is 1.56. The van der Waals surface area contributed by atoms with Crippen molar-refractivity contribution in [1.29, 1.82) is 0 Å². The summed E-state index contributed by atoms with van der Waals surface area (Å²) >= 11 is 0. The van der Waals surface area contributed by atoms with Crippen LogP contribution in [0.4, 0.5) is 11.4 Å². The van der Waals surface area contributed by atoms with Crippen molar-refractivity contribution in [2.75, 3.05) is 44.4 Å². The van der Waals surface area contributed by atoms with E-state index in [0.717, 1.165) is 36.8 Å². The number of methoxy groups -OCH3 is 1. The van der Waals surface area contributed by atoms with Crippen LogP contribution in [0.15, 0.2) is 18.2 Å². The molecule has 0 aliphatic carbocycles. The van der Waals surface area contributed by atoms with E-state index in [0.29, 0.717) is 6.04 Å². The molecule has 3 rings (SSSR count). The van der Waals surface area contributed by atoms with E-state index in [9.17, 15) is 0 Å². The number of benzene rings is 1. The number of morpholine rings is 1. The Morgan fingerprint density at radius 1 is 1.50 bits per heavy atom. The van der Waals surface area contributed by atoms with Gasteiger partial charge in [-0.3, -0.25) is 4.90 Å². The van der Waals surface area contributed by atoms with Crippen molar-refractivity contribution < 1.29 is 9.47 Å². The molecule has 1 aromatic carbocycles. The summed E-state index contributed by atoms with van der Waals surface area (Å²) in [5.74, 6) is 0.811. The zero-order valence-corrected chi connectivity index (χ0v) is 12.0. The first kappa shape index (κ1) is 13.5. The summed E-state index contributed by atoms with van der Waals surface area (Å²) in [7, 11) is 1.66. The Hall–Kier alpha value is -1.46. The zero-order valence-electron chi connectivity index (χ0n) is 12.0. The molecule has 0 aromatic heterocycles. The first-order chi connectivity index (χ1) is 9.76. The maximum atomic E-state index is 5.98. The van der Waals surface area contributed by atoms with Crippen molar-refractivity contribution in [3.8, 4) is 5.75 Å².